The van der Waals surface area contributed by atoms with Crippen molar-refractivity contribution in [2.75, 3.05) is 0 Å². The fraction of sp³-hybridized carbons (Fsp3) is 0. The van der Waals surface area contributed by atoms with Crippen LogP contribution in [0.15, 0.2) is 18.3 Å². The Bertz CT molecular complexity index is 147. The van der Waals surface area contributed by atoms with E-state index in [0.29, 0.717) is 0 Å². The second-order valence-electron chi connectivity index (χ2n) is 1.10. The summed E-state index contributed by atoms with van der Waals surface area (Å²) in [6, 6.07) is 3.66. The first-order valence-corrected chi connectivity index (χ1v) is 3.80. The van der Waals surface area contributed by atoms with Gasteiger partial charge in [-0.15, -0.1) is 0 Å². The third-order valence-corrected chi connectivity index (χ3v) is 1.79. The minimum absolute atomic E-state index is 0.860. The summed E-state index contributed by atoms with van der Waals surface area (Å²) >= 11 is -0.959. The highest BCUT2D eigenvalue weighted by molar-refractivity contribution is 14.1. The molecule has 0 unspecified atom stereocenters. The number of H-pyrrole nitrogens is 1. The van der Waals surface area contributed by atoms with Crippen molar-refractivity contribution >= 4 is 21.2 Å². The lowest BCUT2D eigenvalue weighted by molar-refractivity contribution is 0.647. The molecule has 0 bridgehead atoms. The summed E-state index contributed by atoms with van der Waals surface area (Å²) in [5.74, 6) is 0. The fourth-order valence-electron chi connectivity index (χ4n) is 0.356. The van der Waals surface area contributed by atoms with E-state index in [2.05, 4.69) is 4.98 Å². The summed E-state index contributed by atoms with van der Waals surface area (Å²) in [6.45, 7) is 0. The number of aromatic nitrogens is 1. The summed E-state index contributed by atoms with van der Waals surface area (Å²) < 4.78 is 10.9. The Balaban J connectivity index is 2.96. The Morgan fingerprint density at radius 3 is 2.86 bits per heavy atom. The van der Waals surface area contributed by atoms with Crippen LogP contribution in [0.4, 0.5) is 0 Å². The lowest BCUT2D eigenvalue weighted by Crippen LogP contribution is -1.59. The summed E-state index contributed by atoms with van der Waals surface area (Å²) in [4.78, 5) is 2.82. The molecular weight excluding hydrogens is 205 g/mol. The van der Waals surface area contributed by atoms with Gasteiger partial charge in [-0.1, -0.05) is 0 Å². The molecule has 0 radical (unpaired) electrons. The van der Waals surface area contributed by atoms with Gasteiger partial charge in [0.15, 0.2) is 21.2 Å². The van der Waals surface area contributed by atoms with Crippen molar-refractivity contribution in [2.45, 2.75) is 0 Å². The fourth-order valence-corrected chi connectivity index (χ4v) is 1.02. The van der Waals surface area contributed by atoms with Crippen LogP contribution in [0.25, 0.3) is 0 Å². The minimum Gasteiger partial charge on any atom is -0.355 e. The van der Waals surface area contributed by atoms with Crippen molar-refractivity contribution in [3.63, 3.8) is 0 Å². The molecule has 1 aromatic rings. The number of rotatable bonds is 1. The first-order chi connectivity index (χ1) is 3.43. The lowest BCUT2D eigenvalue weighted by atomic mass is 10.7. The zero-order chi connectivity index (χ0) is 5.11. The SMILES string of the molecule is O=Ic1ccc[nH]1. The molecule has 0 aliphatic rings. The van der Waals surface area contributed by atoms with Gasteiger partial charge in [-0.05, 0) is 12.1 Å². The number of nitrogens with one attached hydrogen (secondary N) is 1. The Kier molecular flexibility index (Phi) is 1.56. The molecule has 0 atom stereocenters. The topological polar surface area (TPSA) is 32.9 Å². The monoisotopic (exact) mass is 209 g/mol. The van der Waals surface area contributed by atoms with Crippen LogP contribution in [0, 0.1) is 3.70 Å². The predicted molar refractivity (Wildman–Crippen MR) is 34.2 cm³/mol. The molecule has 0 spiro atoms. The standard InChI is InChI=1S/C4H4INO/c7-5-4-2-1-3-6-4/h1-3,6H. The van der Waals surface area contributed by atoms with Gasteiger partial charge in [0, 0.05) is 6.20 Å². The van der Waals surface area contributed by atoms with Crippen molar-refractivity contribution in [3.05, 3.63) is 22.0 Å². The molecule has 0 fully saturated rings. The quantitative estimate of drug-likeness (QED) is 0.698. The third kappa shape index (κ3) is 1.09. The highest BCUT2D eigenvalue weighted by Crippen LogP contribution is 2.03. The molecule has 0 amide bonds. The molecule has 0 aliphatic heterocycles. The first-order valence-electron chi connectivity index (χ1n) is 1.84. The van der Waals surface area contributed by atoms with Gasteiger partial charge in [0.05, 0.1) is 0 Å². The van der Waals surface area contributed by atoms with E-state index in [9.17, 15) is 3.07 Å². The number of hydrogen-bond acceptors (Lipinski definition) is 1. The van der Waals surface area contributed by atoms with Crippen LogP contribution in [0.3, 0.4) is 0 Å². The van der Waals surface area contributed by atoms with E-state index >= 15 is 0 Å². The smallest absolute Gasteiger partial charge is 0.200 e. The van der Waals surface area contributed by atoms with Crippen LogP contribution >= 0.6 is 21.2 Å². The van der Waals surface area contributed by atoms with E-state index in [1.807, 2.05) is 12.1 Å². The number of hydrogen-bond donors (Lipinski definition) is 1. The summed E-state index contributed by atoms with van der Waals surface area (Å²) in [5.41, 5.74) is 0. The zero-order valence-electron chi connectivity index (χ0n) is 3.52. The second kappa shape index (κ2) is 2.20. The molecule has 0 aromatic carbocycles. The van der Waals surface area contributed by atoms with Gasteiger partial charge >= 0.3 is 0 Å². The number of halogens is 1. The molecule has 1 aromatic heterocycles. The van der Waals surface area contributed by atoms with E-state index in [1.165, 1.54) is 0 Å². The molecule has 7 heavy (non-hydrogen) atoms. The second-order valence-corrected chi connectivity index (χ2v) is 2.70. The van der Waals surface area contributed by atoms with E-state index in [1.54, 1.807) is 6.20 Å². The van der Waals surface area contributed by atoms with E-state index in [4.69, 9.17) is 0 Å². The van der Waals surface area contributed by atoms with Crippen LogP contribution in [0.2, 0.25) is 0 Å². The molecule has 0 saturated heterocycles. The summed E-state index contributed by atoms with van der Waals surface area (Å²) in [5, 5.41) is 0. The van der Waals surface area contributed by atoms with Crippen molar-refractivity contribution in [1.29, 1.82) is 0 Å². The number of aromatic amines is 1. The average Bonchev–Trinajstić information content (AvgIpc) is 2.14. The molecule has 1 heterocycles. The van der Waals surface area contributed by atoms with Gasteiger partial charge in [0.2, 0.25) is 0 Å². The third-order valence-electron chi connectivity index (χ3n) is 0.643. The Hall–Kier alpha value is -0.190. The van der Waals surface area contributed by atoms with Crippen LogP contribution in [0.5, 0.6) is 0 Å². The first kappa shape index (κ1) is 4.96. The van der Waals surface area contributed by atoms with Gasteiger partial charge in [0.25, 0.3) is 0 Å². The van der Waals surface area contributed by atoms with Crippen molar-refractivity contribution in [2.24, 2.45) is 0 Å². The van der Waals surface area contributed by atoms with Crippen LogP contribution < -0.4 is 0 Å². The predicted octanol–water partition coefficient (Wildman–Crippen LogP) is 1.50. The highest BCUT2D eigenvalue weighted by Gasteiger charge is 1.83. The van der Waals surface area contributed by atoms with Crippen LogP contribution in [-0.2, 0) is 3.07 Å². The molecule has 2 nitrogen and oxygen atoms in total. The molecule has 38 valence electrons. The molecule has 1 N–H and O–H groups in total. The summed E-state index contributed by atoms with van der Waals surface area (Å²) in [7, 11) is 0. The maximum atomic E-state index is 10.1. The van der Waals surface area contributed by atoms with Crippen molar-refractivity contribution in [1.82, 2.24) is 4.98 Å². The lowest BCUT2D eigenvalue weighted by Gasteiger charge is -1.68. The molecule has 3 heteroatoms. The van der Waals surface area contributed by atoms with Gasteiger partial charge in [0.1, 0.15) is 3.70 Å². The molecule has 0 saturated carbocycles. The Labute approximate surface area is 51.6 Å². The molecule has 1 rings (SSSR count). The highest BCUT2D eigenvalue weighted by atomic mass is 127. The minimum atomic E-state index is -0.959. The van der Waals surface area contributed by atoms with Gasteiger partial charge in [-0.2, -0.15) is 0 Å². The average molecular weight is 209 g/mol. The normalized spacial score (nSPS) is 9.14. The van der Waals surface area contributed by atoms with Crippen molar-refractivity contribution in [3.8, 4) is 0 Å². The van der Waals surface area contributed by atoms with Crippen LogP contribution in [0.1, 0.15) is 0 Å². The van der Waals surface area contributed by atoms with E-state index in [-0.39, 0.29) is 0 Å². The van der Waals surface area contributed by atoms with E-state index in [0.717, 1.165) is 3.70 Å². The van der Waals surface area contributed by atoms with Crippen molar-refractivity contribution < 1.29 is 3.07 Å². The Morgan fingerprint density at radius 1 is 1.71 bits per heavy atom. The molecule has 0 aliphatic carbocycles. The zero-order valence-corrected chi connectivity index (χ0v) is 5.68. The Morgan fingerprint density at radius 2 is 2.57 bits per heavy atom. The summed E-state index contributed by atoms with van der Waals surface area (Å²) in [6.07, 6.45) is 1.77. The van der Waals surface area contributed by atoms with Gasteiger partial charge < -0.3 is 4.98 Å². The van der Waals surface area contributed by atoms with Gasteiger partial charge in [-0.25, -0.2) is 0 Å². The maximum Gasteiger partial charge on any atom is 0.200 e. The maximum absolute atomic E-state index is 10.1. The van der Waals surface area contributed by atoms with Gasteiger partial charge in [-0.3, -0.25) is 3.07 Å². The molecular formula is C4H4INO. The van der Waals surface area contributed by atoms with E-state index < -0.39 is 21.2 Å². The van der Waals surface area contributed by atoms with Crippen LogP contribution in [-0.4, -0.2) is 4.98 Å². The largest absolute Gasteiger partial charge is 0.355 e.